The zero-order chi connectivity index (χ0) is 11.9. The SMILES string of the molecule is C=C(O[Si](CC)(CC)CC)/C(C)=C/CC. The summed E-state index contributed by atoms with van der Waals surface area (Å²) < 4.78 is 6.18. The lowest BCUT2D eigenvalue weighted by Gasteiger charge is -2.30. The van der Waals surface area contributed by atoms with Crippen LogP contribution in [0.4, 0.5) is 0 Å². The van der Waals surface area contributed by atoms with Gasteiger partial charge < -0.3 is 4.43 Å². The van der Waals surface area contributed by atoms with Crippen LogP contribution in [0.1, 0.15) is 41.0 Å². The van der Waals surface area contributed by atoms with Crippen LogP contribution in [0.15, 0.2) is 24.0 Å². The highest BCUT2D eigenvalue weighted by molar-refractivity contribution is 6.73. The summed E-state index contributed by atoms with van der Waals surface area (Å²) in [7, 11) is -1.51. The van der Waals surface area contributed by atoms with Gasteiger partial charge in [-0.15, -0.1) is 0 Å². The number of allylic oxidation sites excluding steroid dienone is 2. The van der Waals surface area contributed by atoms with Crippen molar-refractivity contribution < 1.29 is 4.43 Å². The number of hydrogen-bond acceptors (Lipinski definition) is 1. The Hall–Kier alpha value is -0.503. The fourth-order valence-corrected chi connectivity index (χ4v) is 4.35. The molecule has 0 N–H and O–H groups in total. The van der Waals surface area contributed by atoms with E-state index in [0.717, 1.165) is 12.2 Å². The normalized spacial score (nSPS) is 12.7. The summed E-state index contributed by atoms with van der Waals surface area (Å²) in [4.78, 5) is 0. The molecule has 1 nitrogen and oxygen atoms in total. The molecule has 0 saturated heterocycles. The minimum Gasteiger partial charge on any atom is -0.544 e. The van der Waals surface area contributed by atoms with Gasteiger partial charge in [0, 0.05) is 0 Å². The monoisotopic (exact) mass is 226 g/mol. The summed E-state index contributed by atoms with van der Waals surface area (Å²) in [5.41, 5.74) is 1.20. The Morgan fingerprint density at radius 1 is 1.13 bits per heavy atom. The van der Waals surface area contributed by atoms with Gasteiger partial charge in [0.05, 0.1) is 5.76 Å². The van der Waals surface area contributed by atoms with Crippen LogP contribution in [0, 0.1) is 0 Å². The molecule has 0 atom stereocenters. The van der Waals surface area contributed by atoms with E-state index in [0.29, 0.717) is 0 Å². The third-order valence-corrected chi connectivity index (χ3v) is 7.77. The van der Waals surface area contributed by atoms with Gasteiger partial charge in [-0.05, 0) is 37.0 Å². The van der Waals surface area contributed by atoms with Crippen molar-refractivity contribution in [1.29, 1.82) is 0 Å². The molecule has 0 radical (unpaired) electrons. The molecule has 0 aromatic rings. The van der Waals surface area contributed by atoms with Crippen molar-refractivity contribution >= 4 is 8.32 Å². The molecule has 0 aromatic carbocycles. The molecule has 0 aliphatic rings. The summed E-state index contributed by atoms with van der Waals surface area (Å²) in [6.07, 6.45) is 3.23. The summed E-state index contributed by atoms with van der Waals surface area (Å²) in [5, 5.41) is 0. The third-order valence-electron chi connectivity index (χ3n) is 3.22. The van der Waals surface area contributed by atoms with Crippen LogP contribution in [0.2, 0.25) is 18.1 Å². The maximum absolute atomic E-state index is 6.18. The number of rotatable bonds is 7. The average molecular weight is 226 g/mol. The molecule has 88 valence electrons. The summed E-state index contributed by atoms with van der Waals surface area (Å²) in [6, 6.07) is 3.54. The van der Waals surface area contributed by atoms with Crippen molar-refractivity contribution in [1.82, 2.24) is 0 Å². The highest BCUT2D eigenvalue weighted by atomic mass is 28.4. The van der Waals surface area contributed by atoms with Crippen molar-refractivity contribution in [2.24, 2.45) is 0 Å². The molecule has 0 aromatic heterocycles. The first kappa shape index (κ1) is 14.5. The van der Waals surface area contributed by atoms with E-state index in [1.807, 2.05) is 0 Å². The first-order valence-electron chi connectivity index (χ1n) is 6.10. The second kappa shape index (κ2) is 6.89. The van der Waals surface area contributed by atoms with E-state index >= 15 is 0 Å². The molecule has 0 amide bonds. The second-order valence-electron chi connectivity index (χ2n) is 4.06. The van der Waals surface area contributed by atoms with Crippen LogP contribution in [0.25, 0.3) is 0 Å². The molecule has 0 unspecified atom stereocenters. The van der Waals surface area contributed by atoms with E-state index in [1.165, 1.54) is 23.7 Å². The van der Waals surface area contributed by atoms with Crippen molar-refractivity contribution in [2.75, 3.05) is 0 Å². The van der Waals surface area contributed by atoms with E-state index < -0.39 is 8.32 Å². The highest BCUT2D eigenvalue weighted by Crippen LogP contribution is 2.26. The molecule has 15 heavy (non-hydrogen) atoms. The first-order valence-corrected chi connectivity index (χ1v) is 8.63. The van der Waals surface area contributed by atoms with E-state index in [9.17, 15) is 0 Å². The molecular formula is C13H26OSi. The molecule has 0 saturated carbocycles. The first-order chi connectivity index (χ1) is 7.05. The Morgan fingerprint density at radius 3 is 1.93 bits per heavy atom. The van der Waals surface area contributed by atoms with Gasteiger partial charge in [-0.1, -0.05) is 40.3 Å². The van der Waals surface area contributed by atoms with Crippen molar-refractivity contribution in [2.45, 2.75) is 59.2 Å². The summed E-state index contributed by atoms with van der Waals surface area (Å²) in [6.45, 7) is 15.0. The largest absolute Gasteiger partial charge is 0.544 e. The van der Waals surface area contributed by atoms with Gasteiger partial charge in [0.15, 0.2) is 0 Å². The predicted octanol–water partition coefficient (Wildman–Crippen LogP) is 4.88. The van der Waals surface area contributed by atoms with E-state index in [4.69, 9.17) is 4.43 Å². The fraction of sp³-hybridized carbons (Fsp3) is 0.692. The van der Waals surface area contributed by atoms with Crippen molar-refractivity contribution in [3.8, 4) is 0 Å². The van der Waals surface area contributed by atoms with Gasteiger partial charge in [0.1, 0.15) is 0 Å². The van der Waals surface area contributed by atoms with Crippen molar-refractivity contribution in [3.63, 3.8) is 0 Å². The second-order valence-corrected chi connectivity index (χ2v) is 8.76. The van der Waals surface area contributed by atoms with Gasteiger partial charge in [-0.25, -0.2) is 0 Å². The third kappa shape index (κ3) is 4.25. The van der Waals surface area contributed by atoms with Gasteiger partial charge in [0.25, 0.3) is 0 Å². The van der Waals surface area contributed by atoms with Gasteiger partial charge in [-0.3, -0.25) is 0 Å². The zero-order valence-electron chi connectivity index (χ0n) is 11.0. The predicted molar refractivity (Wildman–Crippen MR) is 71.5 cm³/mol. The van der Waals surface area contributed by atoms with Crippen LogP contribution >= 0.6 is 0 Å². The molecule has 0 aliphatic heterocycles. The van der Waals surface area contributed by atoms with E-state index in [2.05, 4.69) is 47.3 Å². The Bertz CT molecular complexity index is 218. The molecule has 0 heterocycles. The van der Waals surface area contributed by atoms with Gasteiger partial charge in [-0.2, -0.15) is 0 Å². The fourth-order valence-electron chi connectivity index (χ4n) is 1.73. The standard InChI is InChI=1S/C13H26OSi/c1-7-11-12(5)13(6)14-15(8-2,9-3)10-4/h11H,6-10H2,1-5H3/b12-11+. The van der Waals surface area contributed by atoms with Crippen molar-refractivity contribution in [3.05, 3.63) is 24.0 Å². The quantitative estimate of drug-likeness (QED) is 0.341. The Balaban J connectivity index is 4.55. The maximum atomic E-state index is 6.18. The molecule has 0 fully saturated rings. The molecule has 2 heteroatoms. The Kier molecular flexibility index (Phi) is 6.65. The summed E-state index contributed by atoms with van der Waals surface area (Å²) in [5.74, 6) is 0.897. The molecule has 0 bridgehead atoms. The maximum Gasteiger partial charge on any atom is 0.250 e. The highest BCUT2D eigenvalue weighted by Gasteiger charge is 2.31. The molecule has 0 spiro atoms. The smallest absolute Gasteiger partial charge is 0.250 e. The lowest BCUT2D eigenvalue weighted by molar-refractivity contribution is 0.417. The Morgan fingerprint density at radius 2 is 1.60 bits per heavy atom. The zero-order valence-corrected chi connectivity index (χ0v) is 12.0. The van der Waals surface area contributed by atoms with Crippen LogP contribution in [0.3, 0.4) is 0 Å². The van der Waals surface area contributed by atoms with Gasteiger partial charge >= 0.3 is 0 Å². The van der Waals surface area contributed by atoms with Gasteiger partial charge in [0.2, 0.25) is 8.32 Å². The van der Waals surface area contributed by atoms with E-state index in [1.54, 1.807) is 0 Å². The lowest BCUT2D eigenvalue weighted by atomic mass is 10.2. The average Bonchev–Trinajstić information content (AvgIpc) is 2.26. The topological polar surface area (TPSA) is 9.23 Å². The molecular weight excluding hydrogens is 200 g/mol. The van der Waals surface area contributed by atoms with E-state index in [-0.39, 0.29) is 0 Å². The summed E-state index contributed by atoms with van der Waals surface area (Å²) >= 11 is 0. The minimum atomic E-state index is -1.51. The van der Waals surface area contributed by atoms with Crippen LogP contribution in [0.5, 0.6) is 0 Å². The number of hydrogen-bond donors (Lipinski definition) is 0. The lowest BCUT2D eigenvalue weighted by Crippen LogP contribution is -2.35. The van der Waals surface area contributed by atoms with Crippen LogP contribution < -0.4 is 0 Å². The molecule has 0 aliphatic carbocycles. The minimum absolute atomic E-state index is 0.897. The Labute approximate surface area is 96.4 Å². The van der Waals surface area contributed by atoms with Crippen LogP contribution in [-0.4, -0.2) is 8.32 Å². The van der Waals surface area contributed by atoms with Crippen LogP contribution in [-0.2, 0) is 4.43 Å². The molecule has 0 rings (SSSR count).